The van der Waals surface area contributed by atoms with Gasteiger partial charge in [-0.3, -0.25) is 0 Å². The minimum absolute atomic E-state index is 1.10. The van der Waals surface area contributed by atoms with E-state index in [-0.39, 0.29) is 0 Å². The first-order chi connectivity index (χ1) is 17.5. The average Bonchev–Trinajstić information content (AvgIpc) is 3.43. The fraction of sp³-hybridized carbons (Fsp3) is 0.286. The SMILES string of the molecule is Cc1cc(C)c(-n2n[n+](C)c(-c3ccc(-c4c(I)n(-c5c(C)cc(C)cc5C)n[n+]4C)s3)c2I)c(C)c1. The van der Waals surface area contributed by atoms with E-state index in [1.165, 1.54) is 43.1 Å². The van der Waals surface area contributed by atoms with E-state index in [2.05, 4.69) is 132 Å². The molecular weight excluding hydrogens is 706 g/mol. The van der Waals surface area contributed by atoms with Crippen LogP contribution in [0.25, 0.3) is 32.5 Å². The maximum Gasteiger partial charge on any atom is 0.242 e. The Balaban J connectivity index is 1.60. The summed E-state index contributed by atoms with van der Waals surface area (Å²) in [5.41, 5.74) is 12.0. The van der Waals surface area contributed by atoms with Crippen molar-refractivity contribution < 1.29 is 9.36 Å². The second kappa shape index (κ2) is 9.88. The molecular formula is C28H30I2N6S+2. The van der Waals surface area contributed by atoms with E-state index in [0.717, 1.165) is 30.2 Å². The Bertz CT molecular complexity index is 1520. The van der Waals surface area contributed by atoms with E-state index in [9.17, 15) is 0 Å². The maximum absolute atomic E-state index is 4.90. The Hall–Kier alpha value is -2.12. The van der Waals surface area contributed by atoms with E-state index in [4.69, 9.17) is 10.4 Å². The maximum atomic E-state index is 4.90. The molecule has 6 nitrogen and oxygen atoms in total. The Morgan fingerprint density at radius 1 is 0.622 bits per heavy atom. The number of thiophene rings is 1. The van der Waals surface area contributed by atoms with Crippen molar-refractivity contribution >= 4 is 56.5 Å². The van der Waals surface area contributed by atoms with Gasteiger partial charge in [-0.05, 0) is 75.9 Å². The fourth-order valence-electron chi connectivity index (χ4n) is 5.32. The summed E-state index contributed by atoms with van der Waals surface area (Å²) >= 11 is 6.64. The van der Waals surface area contributed by atoms with Gasteiger partial charge < -0.3 is 0 Å². The Kier molecular flexibility index (Phi) is 7.07. The van der Waals surface area contributed by atoms with Gasteiger partial charge in [0, 0.05) is 45.2 Å². The standard InChI is InChI=1S/C28H30I2N6S/c1-15-11-17(3)23(18(4)12-15)35-27(29)25(33(7)31-35)21-9-10-22(37-21)26-28(30)36(32-34(26)8)24-19(5)13-16(2)14-20(24)6/h9-14H,1-8H3/q+2. The van der Waals surface area contributed by atoms with Crippen LogP contribution in [0.3, 0.4) is 0 Å². The summed E-state index contributed by atoms with van der Waals surface area (Å²) in [6.45, 7) is 12.9. The quantitative estimate of drug-likeness (QED) is 0.164. The molecule has 5 aromatic rings. The lowest BCUT2D eigenvalue weighted by atomic mass is 10.1. The molecule has 0 bridgehead atoms. The van der Waals surface area contributed by atoms with Gasteiger partial charge in [0.05, 0.1) is 20.2 Å². The summed E-state index contributed by atoms with van der Waals surface area (Å²) in [5, 5.41) is 9.81. The second-order valence-electron chi connectivity index (χ2n) is 9.79. The van der Waals surface area contributed by atoms with E-state index >= 15 is 0 Å². The van der Waals surface area contributed by atoms with Crippen LogP contribution in [0.4, 0.5) is 0 Å². The second-order valence-corrected chi connectivity index (χ2v) is 12.9. The molecule has 3 aromatic heterocycles. The average molecular weight is 736 g/mol. The van der Waals surface area contributed by atoms with Crippen molar-refractivity contribution in [3.63, 3.8) is 0 Å². The van der Waals surface area contributed by atoms with Gasteiger partial charge in [0.15, 0.2) is 11.4 Å². The molecule has 0 aliphatic rings. The number of hydrogen-bond donors (Lipinski definition) is 0. The number of halogens is 2. The molecule has 9 heteroatoms. The van der Waals surface area contributed by atoms with Gasteiger partial charge in [0.25, 0.3) is 0 Å². The molecule has 0 saturated heterocycles. The normalized spacial score (nSPS) is 11.5. The number of aryl methyl sites for hydroxylation is 8. The van der Waals surface area contributed by atoms with E-state index in [1.54, 1.807) is 11.3 Å². The van der Waals surface area contributed by atoms with Crippen LogP contribution in [0.2, 0.25) is 0 Å². The molecule has 0 atom stereocenters. The molecule has 0 amide bonds. The van der Waals surface area contributed by atoms with Crippen LogP contribution in [0.15, 0.2) is 36.4 Å². The molecule has 0 unspecified atom stereocenters. The molecule has 2 aromatic carbocycles. The van der Waals surface area contributed by atoms with Crippen LogP contribution < -0.4 is 9.36 Å². The molecule has 0 aliphatic heterocycles. The third-order valence-corrected chi connectivity index (χ3v) is 9.66. The van der Waals surface area contributed by atoms with Crippen molar-refractivity contribution in [3.05, 3.63) is 77.2 Å². The zero-order valence-electron chi connectivity index (χ0n) is 22.3. The number of nitrogens with zero attached hydrogens (tertiary/aromatic N) is 6. The monoisotopic (exact) mass is 736 g/mol. The van der Waals surface area contributed by atoms with E-state index < -0.39 is 0 Å². The molecule has 0 saturated carbocycles. The molecule has 37 heavy (non-hydrogen) atoms. The summed E-state index contributed by atoms with van der Waals surface area (Å²) < 4.78 is 10.3. The first kappa shape index (κ1) is 26.5. The van der Waals surface area contributed by atoms with Gasteiger partial charge in [-0.25, -0.2) is 0 Å². The van der Waals surface area contributed by atoms with Crippen LogP contribution in [0.5, 0.6) is 0 Å². The Morgan fingerprint density at radius 2 is 0.946 bits per heavy atom. The van der Waals surface area contributed by atoms with Crippen molar-refractivity contribution in [1.82, 2.24) is 19.8 Å². The number of benzene rings is 2. The zero-order chi connectivity index (χ0) is 26.8. The third-order valence-electron chi connectivity index (χ3n) is 6.62. The molecule has 0 aliphatic carbocycles. The summed E-state index contributed by atoms with van der Waals surface area (Å²) in [5.74, 6) is 0. The van der Waals surface area contributed by atoms with Crippen molar-refractivity contribution in [2.45, 2.75) is 41.5 Å². The lowest BCUT2D eigenvalue weighted by Crippen LogP contribution is -2.33. The number of aromatic nitrogens is 6. The summed E-state index contributed by atoms with van der Waals surface area (Å²) in [6.07, 6.45) is 0. The largest absolute Gasteiger partial charge is 0.242 e. The predicted molar refractivity (Wildman–Crippen MR) is 166 cm³/mol. The van der Waals surface area contributed by atoms with Crippen LogP contribution in [0.1, 0.15) is 33.4 Å². The fourth-order valence-corrected chi connectivity index (χ4v) is 8.80. The molecule has 190 valence electrons. The number of hydrogen-bond acceptors (Lipinski definition) is 3. The highest BCUT2D eigenvalue weighted by Crippen LogP contribution is 2.37. The third kappa shape index (κ3) is 4.56. The van der Waals surface area contributed by atoms with Crippen LogP contribution >= 0.6 is 56.5 Å². The van der Waals surface area contributed by atoms with Gasteiger partial charge in [0.1, 0.15) is 14.1 Å². The molecule has 0 N–H and O–H groups in total. The van der Waals surface area contributed by atoms with Crippen molar-refractivity contribution in [2.75, 3.05) is 0 Å². The van der Waals surface area contributed by atoms with E-state index in [0.29, 0.717) is 0 Å². The first-order valence-electron chi connectivity index (χ1n) is 12.0. The summed E-state index contributed by atoms with van der Waals surface area (Å²) in [7, 11) is 4.05. The van der Waals surface area contributed by atoms with Crippen molar-refractivity contribution in [3.8, 4) is 32.5 Å². The molecule has 0 fully saturated rings. The Morgan fingerprint density at radius 3 is 1.27 bits per heavy atom. The topological polar surface area (TPSA) is 43.4 Å². The van der Waals surface area contributed by atoms with Crippen molar-refractivity contribution in [1.29, 1.82) is 0 Å². The lowest BCUT2D eigenvalue weighted by molar-refractivity contribution is -0.721. The molecule has 0 spiro atoms. The van der Waals surface area contributed by atoms with E-state index in [1.807, 2.05) is 23.5 Å². The van der Waals surface area contributed by atoms with Crippen LogP contribution in [-0.2, 0) is 14.1 Å². The van der Waals surface area contributed by atoms with Crippen molar-refractivity contribution in [2.24, 2.45) is 14.1 Å². The smallest absolute Gasteiger partial charge is 0.130 e. The molecule has 0 radical (unpaired) electrons. The van der Waals surface area contributed by atoms with Crippen LogP contribution in [0, 0.1) is 48.9 Å². The minimum atomic E-state index is 1.10. The Labute approximate surface area is 249 Å². The lowest BCUT2D eigenvalue weighted by Gasteiger charge is -2.06. The van der Waals surface area contributed by atoms with Gasteiger partial charge >= 0.3 is 0 Å². The molecule has 5 rings (SSSR count). The first-order valence-corrected chi connectivity index (χ1v) is 15.0. The van der Waals surface area contributed by atoms with Crippen LogP contribution in [-0.4, -0.2) is 19.8 Å². The highest BCUT2D eigenvalue weighted by atomic mass is 127. The van der Waals surface area contributed by atoms with Gasteiger partial charge in [-0.15, -0.1) is 20.7 Å². The number of rotatable bonds is 4. The van der Waals surface area contributed by atoms with Gasteiger partial charge in [-0.1, -0.05) is 44.8 Å². The summed E-state index contributed by atoms with van der Waals surface area (Å²) in [6, 6.07) is 13.3. The predicted octanol–water partition coefficient (Wildman–Crippen LogP) is 6.16. The van der Waals surface area contributed by atoms with Gasteiger partial charge in [-0.2, -0.15) is 0 Å². The zero-order valence-corrected chi connectivity index (χ0v) is 27.4. The summed E-state index contributed by atoms with van der Waals surface area (Å²) in [4.78, 5) is 2.36. The molecule has 3 heterocycles. The highest BCUT2D eigenvalue weighted by molar-refractivity contribution is 14.1. The van der Waals surface area contributed by atoms with Gasteiger partial charge in [0.2, 0.25) is 18.8 Å². The highest BCUT2D eigenvalue weighted by Gasteiger charge is 2.31. The minimum Gasteiger partial charge on any atom is -0.130 e.